The first-order valence-corrected chi connectivity index (χ1v) is 15.4. The number of nitrogens with zero attached hydrogens (tertiary/aromatic N) is 4. The first-order valence-electron chi connectivity index (χ1n) is 15.4. The second kappa shape index (κ2) is 14.8. The minimum Gasteiger partial charge on any atom is -0.369 e. The summed E-state index contributed by atoms with van der Waals surface area (Å²) in [5.74, 6) is 0.406. The number of hydrogen-bond donors (Lipinski definition) is 3. The van der Waals surface area contributed by atoms with E-state index in [1.165, 1.54) is 30.4 Å². The van der Waals surface area contributed by atoms with Crippen LogP contribution < -0.4 is 11.1 Å². The Balaban J connectivity index is 1.16. The van der Waals surface area contributed by atoms with E-state index < -0.39 is 0 Å². The zero-order valence-electron chi connectivity index (χ0n) is 25.7. The summed E-state index contributed by atoms with van der Waals surface area (Å²) in [5, 5.41) is 11.5. The van der Waals surface area contributed by atoms with Crippen molar-refractivity contribution in [2.75, 3.05) is 12.3 Å². The molecule has 8 heteroatoms. The maximum absolute atomic E-state index is 12.5. The van der Waals surface area contributed by atoms with Gasteiger partial charge in [-0.15, -0.1) is 5.10 Å². The number of anilines is 1. The molecule has 4 N–H and O–H groups in total. The molecule has 0 aliphatic rings. The summed E-state index contributed by atoms with van der Waals surface area (Å²) in [6.45, 7) is 9.96. The van der Waals surface area contributed by atoms with Gasteiger partial charge in [0.2, 0.25) is 0 Å². The highest BCUT2D eigenvalue weighted by atomic mass is 16.1. The lowest BCUT2D eigenvalue weighted by Gasteiger charge is -2.19. The van der Waals surface area contributed by atoms with Crippen LogP contribution in [0.3, 0.4) is 0 Å². The number of rotatable bonds is 15. The van der Waals surface area contributed by atoms with Gasteiger partial charge in [-0.05, 0) is 67.2 Å². The van der Waals surface area contributed by atoms with Crippen LogP contribution in [-0.4, -0.2) is 37.4 Å². The molecule has 0 bridgehead atoms. The zero-order valence-corrected chi connectivity index (χ0v) is 25.7. The predicted octanol–water partition coefficient (Wildman–Crippen LogP) is 6.67. The molecule has 0 aliphatic carbocycles. The van der Waals surface area contributed by atoms with Gasteiger partial charge in [0.25, 0.3) is 5.91 Å². The summed E-state index contributed by atoms with van der Waals surface area (Å²) >= 11 is 0. The molecular weight excluding hydrogens is 522 g/mol. The molecule has 0 atom stereocenters. The molecule has 0 radical (unpaired) electrons. The third-order valence-electron chi connectivity index (χ3n) is 7.68. The lowest BCUT2D eigenvalue weighted by molar-refractivity contribution is 0.0952. The van der Waals surface area contributed by atoms with E-state index in [1.54, 1.807) is 4.68 Å². The molecule has 4 rings (SSSR count). The van der Waals surface area contributed by atoms with Crippen molar-refractivity contribution in [1.29, 1.82) is 0 Å². The van der Waals surface area contributed by atoms with Crippen LogP contribution in [0.25, 0.3) is 11.3 Å². The maximum atomic E-state index is 12.5. The van der Waals surface area contributed by atoms with Gasteiger partial charge in [-0.3, -0.25) is 9.48 Å². The lowest BCUT2D eigenvalue weighted by Crippen LogP contribution is -2.27. The summed E-state index contributed by atoms with van der Waals surface area (Å²) in [6, 6.07) is 16.6. The topological polar surface area (TPSA) is 115 Å². The number of aryl methyl sites for hydroxylation is 3. The Morgan fingerprint density at radius 2 is 1.64 bits per heavy atom. The van der Waals surface area contributed by atoms with E-state index in [0.717, 1.165) is 61.2 Å². The molecule has 1 amide bonds. The fraction of sp³-hybridized carbons (Fsp3) is 0.471. The fourth-order valence-electron chi connectivity index (χ4n) is 5.11. The van der Waals surface area contributed by atoms with Crippen LogP contribution in [0.2, 0.25) is 0 Å². The predicted molar refractivity (Wildman–Crippen MR) is 170 cm³/mol. The molecular formula is C34H47N7O. The summed E-state index contributed by atoms with van der Waals surface area (Å²) < 4.78 is 1.80. The van der Waals surface area contributed by atoms with Crippen LogP contribution >= 0.6 is 0 Å². The Morgan fingerprint density at radius 1 is 0.929 bits per heavy atom. The van der Waals surface area contributed by atoms with Crippen LogP contribution in [0, 0.1) is 0 Å². The second-order valence-corrected chi connectivity index (χ2v) is 12.2. The monoisotopic (exact) mass is 569 g/mol. The van der Waals surface area contributed by atoms with Crippen LogP contribution in [0.1, 0.15) is 99.1 Å². The molecule has 42 heavy (non-hydrogen) atoms. The van der Waals surface area contributed by atoms with Crippen molar-refractivity contribution < 1.29 is 4.79 Å². The lowest BCUT2D eigenvalue weighted by atomic mass is 9.86. The summed E-state index contributed by atoms with van der Waals surface area (Å²) in [6.07, 6.45) is 11.6. The number of nitrogens with one attached hydrogen (secondary N) is 2. The number of nitrogens with two attached hydrogens (primary N) is 1. The van der Waals surface area contributed by atoms with Gasteiger partial charge in [-0.1, -0.05) is 88.6 Å². The van der Waals surface area contributed by atoms with Crippen LogP contribution in [-0.2, 0) is 31.2 Å². The minimum atomic E-state index is -0.0560. The van der Waals surface area contributed by atoms with Crippen LogP contribution in [0.15, 0.2) is 54.7 Å². The minimum absolute atomic E-state index is 0.0560. The molecule has 2 aromatic carbocycles. The first kappa shape index (κ1) is 31.0. The number of aromatic nitrogens is 5. The molecule has 0 fully saturated rings. The number of H-pyrrole nitrogens is 1. The van der Waals surface area contributed by atoms with Gasteiger partial charge < -0.3 is 16.0 Å². The number of carbonyl (C=O) groups is 1. The Labute approximate surface area is 250 Å². The fourth-order valence-corrected chi connectivity index (χ4v) is 5.11. The standard InChI is InChI=1S/C34H47N7O/c1-5-6-8-11-25-14-16-27(17-15-25)32(42)36-22-23-41-24-29(39-40-41)12-9-7-10-13-30-31(38-33(35)37-30)26-18-20-28(21-19-26)34(2,3)4/h14-21,24H,5-13,22-23H2,1-4H3,(H,36,42)(H3,35,37,38). The SMILES string of the molecule is CCCCCc1ccc(C(=O)NCCn2cc(CCCCCc3[nH]c(N)nc3-c3ccc(C(C)(C)C)cc3)nn2)cc1. The summed E-state index contributed by atoms with van der Waals surface area (Å²) in [7, 11) is 0. The van der Waals surface area contributed by atoms with Crippen molar-refractivity contribution in [3.8, 4) is 11.3 Å². The molecule has 8 nitrogen and oxygen atoms in total. The molecule has 0 spiro atoms. The average Bonchev–Trinajstić information content (AvgIpc) is 3.58. The quantitative estimate of drug-likeness (QED) is 0.138. The number of hydrogen-bond acceptors (Lipinski definition) is 5. The van der Waals surface area contributed by atoms with Gasteiger partial charge in [0, 0.05) is 29.6 Å². The molecule has 0 unspecified atom stereocenters. The largest absolute Gasteiger partial charge is 0.369 e. The van der Waals surface area contributed by atoms with E-state index in [4.69, 9.17) is 5.73 Å². The molecule has 224 valence electrons. The van der Waals surface area contributed by atoms with Crippen LogP contribution in [0.4, 0.5) is 5.95 Å². The Kier molecular flexibility index (Phi) is 10.9. The first-order chi connectivity index (χ1) is 20.2. The number of unbranched alkanes of at least 4 members (excludes halogenated alkanes) is 4. The van der Waals surface area contributed by atoms with Crippen molar-refractivity contribution in [2.24, 2.45) is 0 Å². The molecule has 0 saturated carbocycles. The van der Waals surface area contributed by atoms with E-state index in [-0.39, 0.29) is 11.3 Å². The van der Waals surface area contributed by atoms with Crippen molar-refractivity contribution in [2.45, 2.75) is 97.4 Å². The van der Waals surface area contributed by atoms with Crippen LogP contribution in [0.5, 0.6) is 0 Å². The van der Waals surface area contributed by atoms with Gasteiger partial charge in [0.15, 0.2) is 5.95 Å². The van der Waals surface area contributed by atoms with Crippen molar-refractivity contribution >= 4 is 11.9 Å². The van der Waals surface area contributed by atoms with Gasteiger partial charge in [-0.2, -0.15) is 0 Å². The number of aromatic amines is 1. The van der Waals surface area contributed by atoms with E-state index in [0.29, 0.717) is 24.6 Å². The number of nitrogen functional groups attached to an aromatic ring is 1. The van der Waals surface area contributed by atoms with Crippen molar-refractivity contribution in [3.63, 3.8) is 0 Å². The van der Waals surface area contributed by atoms with Crippen molar-refractivity contribution in [1.82, 2.24) is 30.3 Å². The highest BCUT2D eigenvalue weighted by molar-refractivity contribution is 5.94. The Bertz CT molecular complexity index is 1400. The van der Waals surface area contributed by atoms with E-state index in [2.05, 4.69) is 89.7 Å². The molecule has 0 saturated heterocycles. The van der Waals surface area contributed by atoms with Gasteiger partial charge in [-0.25, -0.2) is 4.98 Å². The zero-order chi connectivity index (χ0) is 30.0. The maximum Gasteiger partial charge on any atom is 0.251 e. The molecule has 2 aromatic heterocycles. The Hall–Kier alpha value is -3.94. The van der Waals surface area contributed by atoms with E-state index in [1.807, 2.05) is 18.3 Å². The molecule has 2 heterocycles. The second-order valence-electron chi connectivity index (χ2n) is 12.2. The molecule has 0 aliphatic heterocycles. The number of carbonyl (C=O) groups excluding carboxylic acids is 1. The number of amides is 1. The third-order valence-corrected chi connectivity index (χ3v) is 7.68. The number of imidazole rings is 1. The summed E-state index contributed by atoms with van der Waals surface area (Å²) in [4.78, 5) is 20.3. The molecule has 4 aromatic rings. The van der Waals surface area contributed by atoms with E-state index in [9.17, 15) is 4.79 Å². The highest BCUT2D eigenvalue weighted by Gasteiger charge is 2.15. The summed E-state index contributed by atoms with van der Waals surface area (Å²) in [5.41, 5.74) is 13.5. The van der Waals surface area contributed by atoms with Gasteiger partial charge in [0.05, 0.1) is 17.9 Å². The normalized spacial score (nSPS) is 11.6. The Morgan fingerprint density at radius 3 is 2.36 bits per heavy atom. The average molecular weight is 570 g/mol. The van der Waals surface area contributed by atoms with E-state index >= 15 is 0 Å². The van der Waals surface area contributed by atoms with Gasteiger partial charge in [0.1, 0.15) is 0 Å². The van der Waals surface area contributed by atoms with Crippen molar-refractivity contribution in [3.05, 3.63) is 82.8 Å². The third kappa shape index (κ3) is 9.03. The number of benzene rings is 2. The van der Waals surface area contributed by atoms with Gasteiger partial charge >= 0.3 is 0 Å². The highest BCUT2D eigenvalue weighted by Crippen LogP contribution is 2.28. The smallest absolute Gasteiger partial charge is 0.251 e.